The molecule has 16 heavy (non-hydrogen) atoms. The molecule has 3 heteroatoms. The predicted octanol–water partition coefficient (Wildman–Crippen LogP) is 3.81. The van der Waals surface area contributed by atoms with Gasteiger partial charge in [-0.3, -0.25) is 4.79 Å². The lowest BCUT2D eigenvalue weighted by molar-refractivity contribution is -0.142. The van der Waals surface area contributed by atoms with Crippen LogP contribution in [0, 0.1) is 5.92 Å². The molecule has 2 nitrogen and oxygen atoms in total. The minimum absolute atomic E-state index is 0.155. The standard InChI is InChI=1S/C13H15BrO2/c14-12-6-2-4-10(8-12)9-3-1-5-11(7-9)13(15)16/h2,4,6,8-9,11H,1,3,5,7H2,(H,15,16). The Morgan fingerprint density at radius 3 is 2.88 bits per heavy atom. The fourth-order valence-electron chi connectivity index (χ4n) is 2.48. The van der Waals surface area contributed by atoms with Crippen LogP contribution >= 0.6 is 15.9 Å². The van der Waals surface area contributed by atoms with Crippen molar-refractivity contribution in [2.75, 3.05) is 0 Å². The van der Waals surface area contributed by atoms with Gasteiger partial charge >= 0.3 is 5.97 Å². The minimum Gasteiger partial charge on any atom is -0.481 e. The molecule has 0 radical (unpaired) electrons. The second-order valence-electron chi connectivity index (χ2n) is 4.45. The van der Waals surface area contributed by atoms with E-state index in [2.05, 4.69) is 28.1 Å². The summed E-state index contributed by atoms with van der Waals surface area (Å²) in [7, 11) is 0. The summed E-state index contributed by atoms with van der Waals surface area (Å²) in [6.45, 7) is 0. The summed E-state index contributed by atoms with van der Waals surface area (Å²) < 4.78 is 1.07. The van der Waals surface area contributed by atoms with E-state index >= 15 is 0 Å². The van der Waals surface area contributed by atoms with Gasteiger partial charge in [-0.2, -0.15) is 0 Å². The molecule has 1 aliphatic carbocycles. The molecular formula is C13H15BrO2. The molecule has 0 spiro atoms. The summed E-state index contributed by atoms with van der Waals surface area (Å²) in [4.78, 5) is 11.0. The van der Waals surface area contributed by atoms with E-state index in [0.717, 1.165) is 30.2 Å². The van der Waals surface area contributed by atoms with Gasteiger partial charge in [0.25, 0.3) is 0 Å². The van der Waals surface area contributed by atoms with Gasteiger partial charge in [-0.25, -0.2) is 0 Å². The Labute approximate surface area is 104 Å². The minimum atomic E-state index is -0.639. The van der Waals surface area contributed by atoms with Crippen LogP contribution < -0.4 is 0 Å². The highest BCUT2D eigenvalue weighted by Gasteiger charge is 2.27. The van der Waals surface area contributed by atoms with Gasteiger partial charge in [-0.1, -0.05) is 34.5 Å². The van der Waals surface area contributed by atoms with E-state index in [0.29, 0.717) is 5.92 Å². The van der Waals surface area contributed by atoms with Gasteiger partial charge in [0.15, 0.2) is 0 Å². The Hall–Kier alpha value is -0.830. The number of hydrogen-bond acceptors (Lipinski definition) is 1. The van der Waals surface area contributed by atoms with Gasteiger partial charge in [0.1, 0.15) is 0 Å². The number of halogens is 1. The van der Waals surface area contributed by atoms with Crippen LogP contribution in [0.2, 0.25) is 0 Å². The lowest BCUT2D eigenvalue weighted by atomic mass is 9.78. The van der Waals surface area contributed by atoms with Crippen LogP contribution in [0.4, 0.5) is 0 Å². The van der Waals surface area contributed by atoms with Gasteiger partial charge < -0.3 is 5.11 Å². The molecule has 1 aromatic rings. The second-order valence-corrected chi connectivity index (χ2v) is 5.37. The molecule has 0 aliphatic heterocycles. The molecule has 2 rings (SSSR count). The highest BCUT2D eigenvalue weighted by Crippen LogP contribution is 2.36. The van der Waals surface area contributed by atoms with Crippen molar-refractivity contribution in [1.82, 2.24) is 0 Å². The van der Waals surface area contributed by atoms with E-state index in [1.54, 1.807) is 0 Å². The summed E-state index contributed by atoms with van der Waals surface area (Å²) in [5, 5.41) is 9.05. The van der Waals surface area contributed by atoms with Crippen molar-refractivity contribution in [3.63, 3.8) is 0 Å². The van der Waals surface area contributed by atoms with Crippen molar-refractivity contribution >= 4 is 21.9 Å². The zero-order valence-corrected chi connectivity index (χ0v) is 10.6. The third-order valence-corrected chi connectivity index (χ3v) is 3.84. The van der Waals surface area contributed by atoms with Crippen molar-refractivity contribution < 1.29 is 9.90 Å². The van der Waals surface area contributed by atoms with Gasteiger partial charge in [-0.15, -0.1) is 0 Å². The molecule has 1 saturated carbocycles. The van der Waals surface area contributed by atoms with E-state index in [-0.39, 0.29) is 5.92 Å². The fourth-order valence-corrected chi connectivity index (χ4v) is 2.89. The van der Waals surface area contributed by atoms with Crippen molar-refractivity contribution in [3.8, 4) is 0 Å². The van der Waals surface area contributed by atoms with Gasteiger partial charge in [0.2, 0.25) is 0 Å². The maximum absolute atomic E-state index is 11.0. The number of carbonyl (C=O) groups is 1. The molecule has 0 saturated heterocycles. The van der Waals surface area contributed by atoms with Gasteiger partial charge in [-0.05, 0) is 42.9 Å². The van der Waals surface area contributed by atoms with E-state index in [1.165, 1.54) is 5.56 Å². The average molecular weight is 283 g/mol. The van der Waals surface area contributed by atoms with E-state index in [4.69, 9.17) is 5.11 Å². The van der Waals surface area contributed by atoms with Crippen molar-refractivity contribution in [2.45, 2.75) is 31.6 Å². The lowest BCUT2D eigenvalue weighted by Gasteiger charge is -2.27. The van der Waals surface area contributed by atoms with Crippen LogP contribution in [0.25, 0.3) is 0 Å². The Kier molecular flexibility index (Phi) is 3.64. The number of carboxylic acid groups (broad SMARTS) is 1. The summed E-state index contributed by atoms with van der Waals surface area (Å²) >= 11 is 3.46. The molecule has 86 valence electrons. The third kappa shape index (κ3) is 2.64. The summed E-state index contributed by atoms with van der Waals surface area (Å²) in [6.07, 6.45) is 3.75. The molecule has 2 atom stereocenters. The largest absolute Gasteiger partial charge is 0.481 e. The maximum Gasteiger partial charge on any atom is 0.306 e. The maximum atomic E-state index is 11.0. The number of benzene rings is 1. The molecule has 2 unspecified atom stereocenters. The van der Waals surface area contributed by atoms with Gasteiger partial charge in [0.05, 0.1) is 5.92 Å². The Balaban J connectivity index is 2.12. The lowest BCUT2D eigenvalue weighted by Crippen LogP contribution is -2.21. The molecule has 1 aromatic carbocycles. The van der Waals surface area contributed by atoms with Gasteiger partial charge in [0, 0.05) is 4.47 Å². The normalized spacial score (nSPS) is 25.3. The third-order valence-electron chi connectivity index (χ3n) is 3.34. The fraction of sp³-hybridized carbons (Fsp3) is 0.462. The van der Waals surface area contributed by atoms with E-state index in [9.17, 15) is 4.79 Å². The number of rotatable bonds is 2. The summed E-state index contributed by atoms with van der Waals surface area (Å²) in [5.74, 6) is -0.384. The topological polar surface area (TPSA) is 37.3 Å². The SMILES string of the molecule is O=C(O)C1CCCC(c2cccc(Br)c2)C1. The van der Waals surface area contributed by atoms with Crippen molar-refractivity contribution in [3.05, 3.63) is 34.3 Å². The number of hydrogen-bond donors (Lipinski definition) is 1. The first-order chi connectivity index (χ1) is 7.66. The van der Waals surface area contributed by atoms with Crippen LogP contribution in [0.1, 0.15) is 37.2 Å². The van der Waals surface area contributed by atoms with E-state index < -0.39 is 5.97 Å². The second kappa shape index (κ2) is 5.00. The van der Waals surface area contributed by atoms with Crippen LogP contribution in [-0.2, 0) is 4.79 Å². The molecular weight excluding hydrogens is 268 g/mol. The van der Waals surface area contributed by atoms with Crippen LogP contribution in [0.15, 0.2) is 28.7 Å². The average Bonchev–Trinajstić information content (AvgIpc) is 2.29. The highest BCUT2D eigenvalue weighted by molar-refractivity contribution is 9.10. The summed E-state index contributed by atoms with van der Waals surface area (Å²) in [5.41, 5.74) is 1.26. The number of carboxylic acids is 1. The summed E-state index contributed by atoms with van der Waals surface area (Å²) in [6, 6.07) is 8.22. The Bertz CT molecular complexity index is 389. The zero-order valence-electron chi connectivity index (χ0n) is 9.03. The highest BCUT2D eigenvalue weighted by atomic mass is 79.9. The first-order valence-corrected chi connectivity index (χ1v) is 6.44. The van der Waals surface area contributed by atoms with Crippen molar-refractivity contribution in [2.24, 2.45) is 5.92 Å². The first kappa shape index (κ1) is 11.6. The Morgan fingerprint density at radius 2 is 2.19 bits per heavy atom. The molecule has 0 amide bonds. The first-order valence-electron chi connectivity index (χ1n) is 5.65. The molecule has 1 aliphatic rings. The molecule has 0 heterocycles. The molecule has 1 fully saturated rings. The zero-order chi connectivity index (χ0) is 11.5. The molecule has 0 aromatic heterocycles. The van der Waals surface area contributed by atoms with Crippen LogP contribution in [0.3, 0.4) is 0 Å². The molecule has 0 bridgehead atoms. The van der Waals surface area contributed by atoms with Crippen LogP contribution in [-0.4, -0.2) is 11.1 Å². The number of aliphatic carboxylic acids is 1. The van der Waals surface area contributed by atoms with E-state index in [1.807, 2.05) is 12.1 Å². The quantitative estimate of drug-likeness (QED) is 0.896. The smallest absolute Gasteiger partial charge is 0.306 e. The molecule has 1 N–H and O–H groups in total. The van der Waals surface area contributed by atoms with Crippen molar-refractivity contribution in [1.29, 1.82) is 0 Å². The van der Waals surface area contributed by atoms with Crippen LogP contribution in [0.5, 0.6) is 0 Å². The monoisotopic (exact) mass is 282 g/mol. The predicted molar refractivity (Wildman–Crippen MR) is 66.5 cm³/mol. The Morgan fingerprint density at radius 1 is 1.38 bits per heavy atom.